The lowest BCUT2D eigenvalue weighted by Crippen LogP contribution is -2.25. The molecule has 0 aliphatic carbocycles. The van der Waals surface area contributed by atoms with Crippen molar-refractivity contribution in [1.82, 2.24) is 10.2 Å². The number of methoxy groups -OCH3 is 1. The predicted molar refractivity (Wildman–Crippen MR) is 117 cm³/mol. The van der Waals surface area contributed by atoms with Gasteiger partial charge in [-0.25, -0.2) is 0 Å². The number of carbonyl (C=O) groups excluding carboxylic acids is 3. The van der Waals surface area contributed by atoms with Gasteiger partial charge in [0.15, 0.2) is 0 Å². The van der Waals surface area contributed by atoms with E-state index in [0.29, 0.717) is 35.7 Å². The molecule has 160 valence electrons. The van der Waals surface area contributed by atoms with Crippen molar-refractivity contribution in [2.24, 2.45) is 0 Å². The van der Waals surface area contributed by atoms with E-state index in [1.165, 1.54) is 4.90 Å². The molecule has 0 atom stereocenters. The van der Waals surface area contributed by atoms with Crippen molar-refractivity contribution >= 4 is 29.1 Å². The summed E-state index contributed by atoms with van der Waals surface area (Å²) in [6, 6.07) is 13.7. The monoisotopic (exact) mass is 412 g/mol. The smallest absolute Gasteiger partial charge is 0.253 e. The van der Waals surface area contributed by atoms with Crippen molar-refractivity contribution in [3.8, 4) is 0 Å². The van der Waals surface area contributed by atoms with Crippen LogP contribution in [0.5, 0.6) is 0 Å². The van der Waals surface area contributed by atoms with Crippen LogP contribution < -0.4 is 16.0 Å². The minimum Gasteiger partial charge on any atom is -0.385 e. The van der Waals surface area contributed by atoms with Crippen LogP contribution in [-0.2, 0) is 9.53 Å². The Labute approximate surface area is 176 Å². The predicted octanol–water partition coefficient (Wildman–Crippen LogP) is 2.21. The second-order valence-corrected chi connectivity index (χ2v) is 6.86. The first-order chi connectivity index (χ1) is 14.4. The van der Waals surface area contributed by atoms with Crippen LogP contribution in [0.15, 0.2) is 48.5 Å². The number of ether oxygens (including phenoxy) is 1. The Hall–Kier alpha value is -3.39. The first kappa shape index (κ1) is 22.9. The number of nitrogens with zero attached hydrogens (tertiary/aromatic N) is 1. The zero-order valence-electron chi connectivity index (χ0n) is 17.5. The first-order valence-corrected chi connectivity index (χ1v) is 9.63. The topological polar surface area (TPSA) is 99.8 Å². The summed E-state index contributed by atoms with van der Waals surface area (Å²) in [4.78, 5) is 37.8. The molecule has 0 saturated carbocycles. The third kappa shape index (κ3) is 7.21. The summed E-state index contributed by atoms with van der Waals surface area (Å²) in [6.07, 6.45) is 0.746. The molecule has 0 aliphatic rings. The van der Waals surface area contributed by atoms with E-state index in [9.17, 15) is 14.4 Å². The van der Waals surface area contributed by atoms with Gasteiger partial charge in [0, 0.05) is 56.9 Å². The van der Waals surface area contributed by atoms with Gasteiger partial charge in [0.2, 0.25) is 5.91 Å². The molecule has 8 heteroatoms. The summed E-state index contributed by atoms with van der Waals surface area (Å²) in [5, 5.41) is 8.58. The summed E-state index contributed by atoms with van der Waals surface area (Å²) in [5.74, 6) is -0.514. The highest BCUT2D eigenvalue weighted by Crippen LogP contribution is 2.13. The maximum absolute atomic E-state index is 12.2. The first-order valence-electron chi connectivity index (χ1n) is 9.63. The van der Waals surface area contributed by atoms with Crippen LogP contribution in [0, 0.1) is 0 Å². The minimum absolute atomic E-state index is 0.0430. The molecule has 3 N–H and O–H groups in total. The Morgan fingerprint density at radius 3 is 2.37 bits per heavy atom. The van der Waals surface area contributed by atoms with Gasteiger partial charge < -0.3 is 25.6 Å². The zero-order valence-corrected chi connectivity index (χ0v) is 17.5. The van der Waals surface area contributed by atoms with E-state index in [1.54, 1.807) is 69.7 Å². The third-order valence-corrected chi connectivity index (χ3v) is 4.21. The van der Waals surface area contributed by atoms with Gasteiger partial charge in [0.25, 0.3) is 11.8 Å². The fourth-order valence-corrected chi connectivity index (χ4v) is 2.63. The molecule has 30 heavy (non-hydrogen) atoms. The van der Waals surface area contributed by atoms with Crippen LogP contribution in [0.4, 0.5) is 11.4 Å². The van der Waals surface area contributed by atoms with Crippen molar-refractivity contribution in [2.75, 3.05) is 51.5 Å². The minimum atomic E-state index is -0.240. The van der Waals surface area contributed by atoms with E-state index < -0.39 is 0 Å². The van der Waals surface area contributed by atoms with Gasteiger partial charge in [0.05, 0.1) is 6.54 Å². The molecule has 2 rings (SSSR count). The summed E-state index contributed by atoms with van der Waals surface area (Å²) in [5.41, 5.74) is 2.33. The molecule has 2 aromatic carbocycles. The van der Waals surface area contributed by atoms with Crippen LogP contribution in [0.2, 0.25) is 0 Å². The van der Waals surface area contributed by atoms with Gasteiger partial charge in [-0.15, -0.1) is 0 Å². The lowest BCUT2D eigenvalue weighted by atomic mass is 10.2. The Morgan fingerprint density at radius 2 is 1.70 bits per heavy atom. The standard InChI is InChI=1S/C22H28N4O4/c1-26(2)22(29)17-6-4-7-19(14-17)24-15-20(27)25-18-10-8-16(9-11-18)21(28)23-12-5-13-30-3/h4,6-11,14,24H,5,12-13,15H2,1-3H3,(H,23,28)(H,25,27). The lowest BCUT2D eigenvalue weighted by Gasteiger charge is -2.12. The molecule has 3 amide bonds. The van der Waals surface area contributed by atoms with E-state index in [2.05, 4.69) is 16.0 Å². The Kier molecular flexibility index (Phi) is 8.83. The lowest BCUT2D eigenvalue weighted by molar-refractivity contribution is -0.114. The van der Waals surface area contributed by atoms with Gasteiger partial charge in [-0.2, -0.15) is 0 Å². The molecular weight excluding hydrogens is 384 g/mol. The molecule has 0 heterocycles. The average Bonchev–Trinajstić information content (AvgIpc) is 2.75. The fourth-order valence-electron chi connectivity index (χ4n) is 2.63. The molecule has 0 fully saturated rings. The second-order valence-electron chi connectivity index (χ2n) is 6.86. The van der Waals surface area contributed by atoms with Gasteiger partial charge in [0.1, 0.15) is 0 Å². The maximum atomic E-state index is 12.2. The van der Waals surface area contributed by atoms with E-state index in [4.69, 9.17) is 4.74 Å². The van der Waals surface area contributed by atoms with E-state index in [-0.39, 0.29) is 24.3 Å². The normalized spacial score (nSPS) is 10.2. The number of nitrogens with one attached hydrogen (secondary N) is 3. The van der Waals surface area contributed by atoms with Crippen LogP contribution in [0.3, 0.4) is 0 Å². The van der Waals surface area contributed by atoms with Gasteiger partial charge in [-0.05, 0) is 48.9 Å². The Balaban J connectivity index is 1.83. The number of amides is 3. The van der Waals surface area contributed by atoms with Gasteiger partial charge in [-0.3, -0.25) is 14.4 Å². The quantitative estimate of drug-likeness (QED) is 0.520. The van der Waals surface area contributed by atoms with Crippen LogP contribution in [0.25, 0.3) is 0 Å². The Bertz CT molecular complexity index is 866. The molecule has 2 aromatic rings. The van der Waals surface area contributed by atoms with Crippen molar-refractivity contribution in [2.45, 2.75) is 6.42 Å². The Morgan fingerprint density at radius 1 is 0.967 bits per heavy atom. The highest BCUT2D eigenvalue weighted by Gasteiger charge is 2.09. The van der Waals surface area contributed by atoms with Gasteiger partial charge in [-0.1, -0.05) is 6.07 Å². The molecule has 8 nitrogen and oxygen atoms in total. The molecule has 0 aliphatic heterocycles. The number of hydrogen-bond donors (Lipinski definition) is 3. The second kappa shape index (κ2) is 11.6. The van der Waals surface area contributed by atoms with E-state index in [1.807, 2.05) is 0 Å². The number of anilines is 2. The van der Waals surface area contributed by atoms with Crippen molar-refractivity contribution in [1.29, 1.82) is 0 Å². The number of benzene rings is 2. The largest absolute Gasteiger partial charge is 0.385 e. The SMILES string of the molecule is COCCCNC(=O)c1ccc(NC(=O)CNc2cccc(C(=O)N(C)C)c2)cc1. The fraction of sp³-hybridized carbons (Fsp3) is 0.318. The van der Waals surface area contributed by atoms with Crippen LogP contribution in [0.1, 0.15) is 27.1 Å². The van der Waals surface area contributed by atoms with Crippen molar-refractivity contribution < 1.29 is 19.1 Å². The summed E-state index contributed by atoms with van der Waals surface area (Å²) in [7, 11) is 4.99. The molecule has 0 bridgehead atoms. The van der Waals surface area contributed by atoms with Crippen LogP contribution in [-0.4, -0.2) is 63.5 Å². The third-order valence-electron chi connectivity index (χ3n) is 4.21. The zero-order chi connectivity index (χ0) is 21.9. The molecule has 0 saturated heterocycles. The highest BCUT2D eigenvalue weighted by molar-refractivity contribution is 5.97. The maximum Gasteiger partial charge on any atom is 0.253 e. The molecule has 0 aromatic heterocycles. The number of carbonyl (C=O) groups is 3. The van der Waals surface area contributed by atoms with E-state index >= 15 is 0 Å². The van der Waals surface area contributed by atoms with Crippen molar-refractivity contribution in [3.63, 3.8) is 0 Å². The average molecular weight is 412 g/mol. The van der Waals surface area contributed by atoms with E-state index in [0.717, 1.165) is 6.42 Å². The van der Waals surface area contributed by atoms with Crippen LogP contribution >= 0.6 is 0 Å². The van der Waals surface area contributed by atoms with Crippen molar-refractivity contribution in [3.05, 3.63) is 59.7 Å². The summed E-state index contributed by atoms with van der Waals surface area (Å²) >= 11 is 0. The number of hydrogen-bond acceptors (Lipinski definition) is 5. The summed E-state index contributed by atoms with van der Waals surface area (Å²) < 4.78 is 4.94. The molecule has 0 unspecified atom stereocenters. The highest BCUT2D eigenvalue weighted by atomic mass is 16.5. The summed E-state index contributed by atoms with van der Waals surface area (Å²) in [6.45, 7) is 1.18. The molecule has 0 spiro atoms. The molecule has 0 radical (unpaired) electrons. The number of rotatable bonds is 10. The molecular formula is C22H28N4O4. The van der Waals surface area contributed by atoms with Gasteiger partial charge >= 0.3 is 0 Å².